The van der Waals surface area contributed by atoms with Crippen LogP contribution < -0.4 is 10.6 Å². The Morgan fingerprint density at radius 1 is 1.47 bits per heavy atom. The van der Waals surface area contributed by atoms with Crippen molar-refractivity contribution in [2.75, 3.05) is 20.2 Å². The first-order valence-corrected chi connectivity index (χ1v) is 4.93. The molecule has 0 saturated carbocycles. The van der Waals surface area contributed by atoms with Gasteiger partial charge in [0.2, 0.25) is 0 Å². The highest BCUT2D eigenvalue weighted by Crippen LogP contribution is 2.16. The van der Waals surface area contributed by atoms with E-state index < -0.39 is 18.1 Å². The zero-order valence-electron chi connectivity index (χ0n) is 8.66. The molecule has 0 aromatic heterocycles. The third-order valence-corrected chi connectivity index (χ3v) is 2.58. The molecule has 0 spiro atoms. The van der Waals surface area contributed by atoms with E-state index in [2.05, 4.69) is 15.4 Å². The van der Waals surface area contributed by atoms with Gasteiger partial charge >= 0.3 is 12.1 Å². The summed E-state index contributed by atoms with van der Waals surface area (Å²) in [7, 11) is 1.22. The summed E-state index contributed by atoms with van der Waals surface area (Å²) in [6.45, 7) is 1.58. The van der Waals surface area contributed by atoms with Crippen LogP contribution in [0.1, 0.15) is 12.8 Å². The number of piperidine rings is 1. The topological polar surface area (TPSA) is 87.7 Å². The van der Waals surface area contributed by atoms with Gasteiger partial charge in [0.1, 0.15) is 6.04 Å². The highest BCUT2D eigenvalue weighted by atomic mass is 16.5. The second-order valence-corrected chi connectivity index (χ2v) is 3.54. The molecule has 6 nitrogen and oxygen atoms in total. The van der Waals surface area contributed by atoms with Gasteiger partial charge in [0, 0.05) is 0 Å². The van der Waals surface area contributed by atoms with E-state index in [1.54, 1.807) is 0 Å². The SMILES string of the molecule is COC(=O)N[C@H](C(=O)O)C1CCNCC1. The van der Waals surface area contributed by atoms with Crippen LogP contribution in [0.2, 0.25) is 0 Å². The molecule has 3 N–H and O–H groups in total. The second kappa shape index (κ2) is 5.55. The molecule has 0 unspecified atom stereocenters. The summed E-state index contributed by atoms with van der Waals surface area (Å²) in [5.74, 6) is -1.03. The lowest BCUT2D eigenvalue weighted by Gasteiger charge is -2.28. The number of alkyl carbamates (subject to hydrolysis) is 1. The fourth-order valence-corrected chi connectivity index (χ4v) is 1.74. The maximum absolute atomic E-state index is 11.0. The smallest absolute Gasteiger partial charge is 0.407 e. The van der Waals surface area contributed by atoms with Gasteiger partial charge in [0.15, 0.2) is 0 Å². The fourth-order valence-electron chi connectivity index (χ4n) is 1.74. The number of aliphatic carboxylic acids is 1. The number of carboxylic acids is 1. The average Bonchev–Trinajstić information content (AvgIpc) is 2.26. The number of hydrogen-bond acceptors (Lipinski definition) is 4. The van der Waals surface area contributed by atoms with Crippen molar-refractivity contribution in [3.8, 4) is 0 Å². The van der Waals surface area contributed by atoms with Crippen molar-refractivity contribution in [3.05, 3.63) is 0 Å². The Labute approximate surface area is 88.0 Å². The number of ether oxygens (including phenoxy) is 1. The zero-order valence-corrected chi connectivity index (χ0v) is 8.66. The van der Waals surface area contributed by atoms with Gasteiger partial charge in [-0.1, -0.05) is 0 Å². The van der Waals surface area contributed by atoms with Crippen LogP contribution in [-0.4, -0.2) is 43.4 Å². The molecule has 0 radical (unpaired) electrons. The van der Waals surface area contributed by atoms with E-state index in [1.165, 1.54) is 7.11 Å². The minimum atomic E-state index is -1.01. The Bertz CT molecular complexity index is 238. The highest BCUT2D eigenvalue weighted by Gasteiger charge is 2.30. The number of rotatable bonds is 3. The van der Waals surface area contributed by atoms with Gasteiger partial charge in [0.25, 0.3) is 0 Å². The molecular formula is C9H16N2O4. The van der Waals surface area contributed by atoms with Crippen LogP contribution in [0.4, 0.5) is 4.79 Å². The molecule has 1 rings (SSSR count). The minimum Gasteiger partial charge on any atom is -0.480 e. The lowest BCUT2D eigenvalue weighted by atomic mass is 9.90. The van der Waals surface area contributed by atoms with Crippen LogP contribution in [-0.2, 0) is 9.53 Å². The number of carbonyl (C=O) groups excluding carboxylic acids is 1. The van der Waals surface area contributed by atoms with Crippen molar-refractivity contribution in [1.82, 2.24) is 10.6 Å². The van der Waals surface area contributed by atoms with Crippen molar-refractivity contribution < 1.29 is 19.4 Å². The second-order valence-electron chi connectivity index (χ2n) is 3.54. The van der Waals surface area contributed by atoms with E-state index >= 15 is 0 Å². The molecule has 1 aliphatic heterocycles. The van der Waals surface area contributed by atoms with Crippen LogP contribution in [0.5, 0.6) is 0 Å². The maximum atomic E-state index is 11.0. The predicted molar refractivity (Wildman–Crippen MR) is 52.6 cm³/mol. The van der Waals surface area contributed by atoms with Crippen LogP contribution in [0.15, 0.2) is 0 Å². The molecule has 1 amide bonds. The number of hydrogen-bond donors (Lipinski definition) is 3. The molecule has 1 saturated heterocycles. The van der Waals surface area contributed by atoms with Crippen molar-refractivity contribution in [2.24, 2.45) is 5.92 Å². The van der Waals surface area contributed by atoms with Crippen molar-refractivity contribution >= 4 is 12.1 Å². The standard InChI is InChI=1S/C9H16N2O4/c1-15-9(14)11-7(8(12)13)6-2-4-10-5-3-6/h6-7,10H,2-5H2,1H3,(H,11,14)(H,12,13)/t7-/m0/s1. The minimum absolute atomic E-state index is 0.0251. The third-order valence-electron chi connectivity index (χ3n) is 2.58. The first kappa shape index (κ1) is 11.8. The molecule has 1 atom stereocenters. The summed E-state index contributed by atoms with van der Waals surface area (Å²) >= 11 is 0. The van der Waals surface area contributed by atoms with Gasteiger partial charge in [-0.05, 0) is 31.8 Å². The number of methoxy groups -OCH3 is 1. The summed E-state index contributed by atoms with van der Waals surface area (Å²) in [6.07, 6.45) is 0.808. The predicted octanol–water partition coefficient (Wildman–Crippen LogP) is -0.205. The van der Waals surface area contributed by atoms with Crippen molar-refractivity contribution in [3.63, 3.8) is 0 Å². The summed E-state index contributed by atoms with van der Waals surface area (Å²) in [5, 5.41) is 14.5. The Balaban J connectivity index is 2.55. The molecule has 86 valence electrons. The Kier molecular flexibility index (Phi) is 4.36. The molecule has 1 aliphatic rings. The van der Waals surface area contributed by atoms with E-state index in [4.69, 9.17) is 5.11 Å². The average molecular weight is 216 g/mol. The van der Waals surface area contributed by atoms with Crippen LogP contribution in [0.25, 0.3) is 0 Å². The van der Waals surface area contributed by atoms with Crippen molar-refractivity contribution in [1.29, 1.82) is 0 Å². The largest absolute Gasteiger partial charge is 0.480 e. The lowest BCUT2D eigenvalue weighted by Crippen LogP contribution is -2.48. The number of nitrogens with one attached hydrogen (secondary N) is 2. The van der Waals surface area contributed by atoms with E-state index in [-0.39, 0.29) is 5.92 Å². The van der Waals surface area contributed by atoms with Crippen LogP contribution in [0, 0.1) is 5.92 Å². The molecular weight excluding hydrogens is 200 g/mol. The van der Waals surface area contributed by atoms with Gasteiger partial charge in [-0.2, -0.15) is 0 Å². The Morgan fingerprint density at radius 3 is 2.53 bits per heavy atom. The molecule has 0 bridgehead atoms. The van der Waals surface area contributed by atoms with Crippen LogP contribution in [0.3, 0.4) is 0 Å². The van der Waals surface area contributed by atoms with Crippen LogP contribution >= 0.6 is 0 Å². The lowest BCUT2D eigenvalue weighted by molar-refractivity contribution is -0.141. The summed E-state index contributed by atoms with van der Waals surface area (Å²) < 4.78 is 4.39. The number of carboxylic acid groups (broad SMARTS) is 1. The quantitative estimate of drug-likeness (QED) is 0.608. The molecule has 1 heterocycles. The molecule has 0 aliphatic carbocycles. The van der Waals surface area contributed by atoms with Gasteiger partial charge < -0.3 is 20.5 Å². The van der Waals surface area contributed by atoms with Gasteiger partial charge in [-0.3, -0.25) is 0 Å². The van der Waals surface area contributed by atoms with Crippen molar-refractivity contribution in [2.45, 2.75) is 18.9 Å². The Hall–Kier alpha value is -1.30. The Morgan fingerprint density at radius 2 is 2.07 bits per heavy atom. The van der Waals surface area contributed by atoms with Gasteiger partial charge in [-0.15, -0.1) is 0 Å². The molecule has 1 fully saturated rings. The van der Waals surface area contributed by atoms with E-state index in [0.29, 0.717) is 0 Å². The molecule has 0 aromatic carbocycles. The molecule has 15 heavy (non-hydrogen) atoms. The molecule has 0 aromatic rings. The zero-order chi connectivity index (χ0) is 11.3. The van der Waals surface area contributed by atoms with Gasteiger partial charge in [-0.25, -0.2) is 9.59 Å². The van der Waals surface area contributed by atoms with E-state index in [9.17, 15) is 9.59 Å². The first-order chi connectivity index (χ1) is 7.15. The first-order valence-electron chi connectivity index (χ1n) is 4.93. The fraction of sp³-hybridized carbons (Fsp3) is 0.778. The third kappa shape index (κ3) is 3.39. The van der Waals surface area contributed by atoms with E-state index in [1.807, 2.05) is 0 Å². The number of amides is 1. The normalized spacial score (nSPS) is 19.3. The maximum Gasteiger partial charge on any atom is 0.407 e. The highest BCUT2D eigenvalue weighted by molar-refractivity contribution is 5.80. The summed E-state index contributed by atoms with van der Waals surface area (Å²) in [4.78, 5) is 21.9. The summed E-state index contributed by atoms with van der Waals surface area (Å²) in [6, 6.07) is -0.848. The van der Waals surface area contributed by atoms with Gasteiger partial charge in [0.05, 0.1) is 7.11 Å². The summed E-state index contributed by atoms with van der Waals surface area (Å²) in [5.41, 5.74) is 0. The molecule has 6 heteroatoms. The monoisotopic (exact) mass is 216 g/mol. The van der Waals surface area contributed by atoms with E-state index in [0.717, 1.165) is 25.9 Å². The number of carbonyl (C=O) groups is 2.